The first-order chi connectivity index (χ1) is 9.18. The second kappa shape index (κ2) is 6.24. The molecule has 1 aromatic carbocycles. The fourth-order valence-electron chi connectivity index (χ4n) is 1.62. The topological polar surface area (TPSA) is 70.1 Å². The van der Waals surface area contributed by atoms with Crippen LogP contribution >= 0.6 is 11.6 Å². The Morgan fingerprint density at radius 1 is 1.47 bits per heavy atom. The highest BCUT2D eigenvalue weighted by Crippen LogP contribution is 2.22. The summed E-state index contributed by atoms with van der Waals surface area (Å²) in [5, 5.41) is 0.355. The van der Waals surface area contributed by atoms with Crippen molar-refractivity contribution in [2.45, 2.75) is 13.0 Å². The van der Waals surface area contributed by atoms with Crippen molar-refractivity contribution < 1.29 is 9.53 Å². The molecule has 5 nitrogen and oxygen atoms in total. The van der Waals surface area contributed by atoms with Gasteiger partial charge in [-0.05, 0) is 18.6 Å². The third-order valence-corrected chi connectivity index (χ3v) is 2.96. The van der Waals surface area contributed by atoms with Gasteiger partial charge in [-0.15, -0.1) is 0 Å². The number of ether oxygens (including phenoxy) is 1. The lowest BCUT2D eigenvalue weighted by Crippen LogP contribution is -2.10. The molecule has 19 heavy (non-hydrogen) atoms. The molecule has 0 aliphatic carbocycles. The van der Waals surface area contributed by atoms with Crippen LogP contribution in [0.1, 0.15) is 16.8 Å². The van der Waals surface area contributed by atoms with Gasteiger partial charge in [0.25, 0.3) is 0 Å². The van der Waals surface area contributed by atoms with Gasteiger partial charge in [0.1, 0.15) is 0 Å². The number of aryl methyl sites for hydroxylation is 1. The Morgan fingerprint density at radius 3 is 3.05 bits per heavy atom. The van der Waals surface area contributed by atoms with Crippen molar-refractivity contribution in [1.82, 2.24) is 9.55 Å². The first kappa shape index (κ1) is 13.4. The molecule has 0 aliphatic rings. The molecule has 2 N–H and O–H groups in total. The Bertz CT molecular complexity index is 555. The maximum Gasteiger partial charge on any atom is 0.340 e. The number of para-hydroxylation sites is 1. The van der Waals surface area contributed by atoms with E-state index in [2.05, 4.69) is 4.98 Å². The van der Waals surface area contributed by atoms with E-state index >= 15 is 0 Å². The van der Waals surface area contributed by atoms with Crippen molar-refractivity contribution in [3.05, 3.63) is 47.5 Å². The van der Waals surface area contributed by atoms with Crippen LogP contribution in [0.4, 0.5) is 5.69 Å². The number of hydrogen-bond acceptors (Lipinski definition) is 4. The number of nitrogens with zero attached hydrogens (tertiary/aromatic N) is 2. The lowest BCUT2D eigenvalue weighted by molar-refractivity contribution is 0.0497. The zero-order valence-electron chi connectivity index (χ0n) is 10.3. The van der Waals surface area contributed by atoms with Crippen LogP contribution in [-0.4, -0.2) is 22.1 Å². The summed E-state index contributed by atoms with van der Waals surface area (Å²) in [5.74, 6) is -0.453. The van der Waals surface area contributed by atoms with Crippen molar-refractivity contribution in [2.24, 2.45) is 0 Å². The average molecular weight is 280 g/mol. The number of nitrogens with two attached hydrogens (primary N) is 1. The molecule has 1 heterocycles. The summed E-state index contributed by atoms with van der Waals surface area (Å²) in [5.41, 5.74) is 6.27. The number of hydrogen-bond donors (Lipinski definition) is 1. The molecule has 2 aromatic rings. The normalized spacial score (nSPS) is 10.4. The second-order valence-corrected chi connectivity index (χ2v) is 4.40. The van der Waals surface area contributed by atoms with Crippen LogP contribution in [-0.2, 0) is 11.3 Å². The summed E-state index contributed by atoms with van der Waals surface area (Å²) < 4.78 is 7.07. The minimum Gasteiger partial charge on any atom is -0.462 e. The number of carbonyl (C=O) groups excluding carboxylic acids is 1. The lowest BCUT2D eigenvalue weighted by atomic mass is 10.2. The number of halogens is 1. The highest BCUT2D eigenvalue weighted by Gasteiger charge is 2.12. The zero-order chi connectivity index (χ0) is 13.7. The lowest BCUT2D eigenvalue weighted by Gasteiger charge is -2.08. The molecule has 0 radical (unpaired) electrons. The monoisotopic (exact) mass is 279 g/mol. The smallest absolute Gasteiger partial charge is 0.340 e. The fourth-order valence-corrected chi connectivity index (χ4v) is 1.80. The molecule has 1 aromatic heterocycles. The van der Waals surface area contributed by atoms with Gasteiger partial charge in [-0.2, -0.15) is 0 Å². The Kier molecular flexibility index (Phi) is 4.41. The minimum absolute atomic E-state index is 0.253. The summed E-state index contributed by atoms with van der Waals surface area (Å²) in [6.45, 7) is 1.07. The fraction of sp³-hybridized carbons (Fsp3) is 0.231. The molecule has 0 atom stereocenters. The molecule has 0 fully saturated rings. The maximum absolute atomic E-state index is 11.8. The Labute approximate surface area is 116 Å². The zero-order valence-corrected chi connectivity index (χ0v) is 11.0. The largest absolute Gasteiger partial charge is 0.462 e. The van der Waals surface area contributed by atoms with E-state index in [9.17, 15) is 4.79 Å². The molecular weight excluding hydrogens is 266 g/mol. The van der Waals surface area contributed by atoms with Gasteiger partial charge in [0.15, 0.2) is 0 Å². The van der Waals surface area contributed by atoms with E-state index in [1.807, 2.05) is 10.8 Å². The molecule has 0 unspecified atom stereocenters. The molecule has 0 aliphatic heterocycles. The van der Waals surface area contributed by atoms with Crippen LogP contribution in [0.3, 0.4) is 0 Å². The van der Waals surface area contributed by atoms with Gasteiger partial charge in [0, 0.05) is 18.9 Å². The molecule has 0 saturated heterocycles. The van der Waals surface area contributed by atoms with Gasteiger partial charge in [-0.1, -0.05) is 17.7 Å². The molecule has 0 spiro atoms. The van der Waals surface area contributed by atoms with Crippen LogP contribution in [0.15, 0.2) is 36.9 Å². The van der Waals surface area contributed by atoms with Gasteiger partial charge >= 0.3 is 5.97 Å². The Morgan fingerprint density at radius 2 is 2.32 bits per heavy atom. The molecular formula is C13H14ClN3O2. The summed E-state index contributed by atoms with van der Waals surface area (Å²) in [6.07, 6.45) is 5.99. The van der Waals surface area contributed by atoms with Crippen LogP contribution in [0, 0.1) is 0 Å². The highest BCUT2D eigenvalue weighted by atomic mass is 35.5. The Balaban J connectivity index is 1.83. The van der Waals surface area contributed by atoms with E-state index in [-0.39, 0.29) is 5.69 Å². The second-order valence-electron chi connectivity index (χ2n) is 3.99. The summed E-state index contributed by atoms with van der Waals surface area (Å²) in [7, 11) is 0. The highest BCUT2D eigenvalue weighted by molar-refractivity contribution is 6.33. The first-order valence-electron chi connectivity index (χ1n) is 5.85. The predicted molar refractivity (Wildman–Crippen MR) is 73.0 cm³/mol. The third-order valence-electron chi connectivity index (χ3n) is 2.63. The van der Waals surface area contributed by atoms with E-state index in [1.54, 1.807) is 30.7 Å². The van der Waals surface area contributed by atoms with E-state index in [0.29, 0.717) is 23.6 Å². The summed E-state index contributed by atoms with van der Waals surface area (Å²) in [6, 6.07) is 4.90. The van der Waals surface area contributed by atoms with Crippen molar-refractivity contribution in [1.29, 1.82) is 0 Å². The number of aromatic nitrogens is 2. The minimum atomic E-state index is -0.453. The number of rotatable bonds is 5. The van der Waals surface area contributed by atoms with Crippen molar-refractivity contribution in [3.8, 4) is 0 Å². The standard InChI is InChI=1S/C13H14ClN3O2/c14-11-4-1-3-10(12(11)15)13(18)19-8-2-6-17-7-5-16-9-17/h1,3-5,7,9H,2,6,8,15H2. The van der Waals surface area contributed by atoms with Crippen molar-refractivity contribution in [3.63, 3.8) is 0 Å². The van der Waals surface area contributed by atoms with E-state index in [4.69, 9.17) is 22.1 Å². The van der Waals surface area contributed by atoms with Gasteiger partial charge < -0.3 is 15.0 Å². The summed E-state index contributed by atoms with van der Waals surface area (Å²) >= 11 is 5.84. The maximum atomic E-state index is 11.8. The SMILES string of the molecule is Nc1c(Cl)cccc1C(=O)OCCCn1ccnc1. The van der Waals surface area contributed by atoms with Crippen LogP contribution in [0.2, 0.25) is 5.02 Å². The van der Waals surface area contributed by atoms with Crippen LogP contribution < -0.4 is 5.73 Å². The first-order valence-corrected chi connectivity index (χ1v) is 6.23. The number of imidazole rings is 1. The van der Waals surface area contributed by atoms with Crippen LogP contribution in [0.25, 0.3) is 0 Å². The van der Waals surface area contributed by atoms with Gasteiger partial charge in [-0.3, -0.25) is 0 Å². The Hall–Kier alpha value is -2.01. The van der Waals surface area contributed by atoms with Crippen molar-refractivity contribution in [2.75, 3.05) is 12.3 Å². The van der Waals surface area contributed by atoms with Crippen molar-refractivity contribution >= 4 is 23.3 Å². The molecule has 0 amide bonds. The van der Waals surface area contributed by atoms with E-state index < -0.39 is 5.97 Å². The number of carbonyl (C=O) groups is 1. The number of benzene rings is 1. The van der Waals surface area contributed by atoms with E-state index in [1.165, 1.54) is 0 Å². The van der Waals surface area contributed by atoms with E-state index in [0.717, 1.165) is 6.54 Å². The van der Waals surface area contributed by atoms with Gasteiger partial charge in [0.2, 0.25) is 0 Å². The molecule has 6 heteroatoms. The number of anilines is 1. The molecule has 2 rings (SSSR count). The average Bonchev–Trinajstić information content (AvgIpc) is 2.91. The van der Waals surface area contributed by atoms with Crippen LogP contribution in [0.5, 0.6) is 0 Å². The predicted octanol–water partition coefficient (Wildman–Crippen LogP) is 2.37. The number of esters is 1. The van der Waals surface area contributed by atoms with Gasteiger partial charge in [0.05, 0.1) is 29.2 Å². The molecule has 100 valence electrons. The number of nitrogen functional groups attached to an aromatic ring is 1. The molecule has 0 saturated carbocycles. The van der Waals surface area contributed by atoms with Gasteiger partial charge in [-0.25, -0.2) is 9.78 Å². The molecule has 0 bridgehead atoms. The summed E-state index contributed by atoms with van der Waals surface area (Å²) in [4.78, 5) is 15.7. The third kappa shape index (κ3) is 3.48. The quantitative estimate of drug-likeness (QED) is 0.518.